The molecule has 0 saturated heterocycles. The number of alkyl halides is 3. The predicted molar refractivity (Wildman–Crippen MR) is 71.2 cm³/mol. The van der Waals surface area contributed by atoms with Crippen molar-refractivity contribution in [3.05, 3.63) is 65.2 Å². The molecule has 0 fully saturated rings. The van der Waals surface area contributed by atoms with Gasteiger partial charge in [0.15, 0.2) is 0 Å². The van der Waals surface area contributed by atoms with E-state index in [9.17, 15) is 22.8 Å². The molecule has 0 atom stereocenters. The molecule has 0 aliphatic carbocycles. The molecule has 2 aromatic carbocycles. The SMILES string of the molecule is O=Cc1cccc(C(=O)Nc2cccc(C(F)(F)F)c2)c1. The average molecular weight is 293 g/mol. The summed E-state index contributed by atoms with van der Waals surface area (Å²) < 4.78 is 37.7. The van der Waals surface area contributed by atoms with E-state index in [1.807, 2.05) is 0 Å². The van der Waals surface area contributed by atoms with Gasteiger partial charge >= 0.3 is 6.18 Å². The highest BCUT2D eigenvalue weighted by Crippen LogP contribution is 2.30. The first-order valence-corrected chi connectivity index (χ1v) is 5.94. The van der Waals surface area contributed by atoms with E-state index in [0.29, 0.717) is 11.8 Å². The fourth-order valence-corrected chi connectivity index (χ4v) is 1.73. The van der Waals surface area contributed by atoms with Gasteiger partial charge in [0.2, 0.25) is 0 Å². The summed E-state index contributed by atoms with van der Waals surface area (Å²) in [5.41, 5.74) is -0.308. The molecule has 108 valence electrons. The van der Waals surface area contributed by atoms with Gasteiger partial charge in [-0.3, -0.25) is 9.59 Å². The summed E-state index contributed by atoms with van der Waals surface area (Å²) in [6, 6.07) is 10.2. The summed E-state index contributed by atoms with van der Waals surface area (Å²) >= 11 is 0. The Labute approximate surface area is 118 Å². The minimum Gasteiger partial charge on any atom is -0.322 e. The summed E-state index contributed by atoms with van der Waals surface area (Å²) in [5, 5.41) is 2.37. The smallest absolute Gasteiger partial charge is 0.322 e. The van der Waals surface area contributed by atoms with Crippen LogP contribution in [0.25, 0.3) is 0 Å². The number of aldehydes is 1. The number of hydrogen-bond acceptors (Lipinski definition) is 2. The Hall–Kier alpha value is -2.63. The van der Waals surface area contributed by atoms with E-state index in [2.05, 4.69) is 5.32 Å². The van der Waals surface area contributed by atoms with Crippen LogP contribution in [-0.4, -0.2) is 12.2 Å². The Morgan fingerprint density at radius 2 is 1.76 bits per heavy atom. The first kappa shape index (κ1) is 14.8. The second kappa shape index (κ2) is 5.78. The molecule has 2 aromatic rings. The van der Waals surface area contributed by atoms with E-state index >= 15 is 0 Å². The molecule has 0 aromatic heterocycles. The van der Waals surface area contributed by atoms with Crippen molar-refractivity contribution in [1.82, 2.24) is 0 Å². The normalized spacial score (nSPS) is 11.0. The monoisotopic (exact) mass is 293 g/mol. The van der Waals surface area contributed by atoms with Crippen LogP contribution in [0, 0.1) is 0 Å². The molecule has 0 radical (unpaired) electrons. The van der Waals surface area contributed by atoms with Crippen molar-refractivity contribution in [2.45, 2.75) is 6.18 Å². The molecular formula is C15H10F3NO2. The average Bonchev–Trinajstić information content (AvgIpc) is 2.46. The van der Waals surface area contributed by atoms with Crippen LogP contribution in [0.4, 0.5) is 18.9 Å². The Morgan fingerprint density at radius 3 is 2.43 bits per heavy atom. The van der Waals surface area contributed by atoms with E-state index < -0.39 is 17.6 Å². The number of hydrogen-bond donors (Lipinski definition) is 1. The molecule has 0 heterocycles. The second-order valence-electron chi connectivity index (χ2n) is 4.28. The Kier molecular flexibility index (Phi) is 4.07. The topological polar surface area (TPSA) is 46.2 Å². The first-order valence-electron chi connectivity index (χ1n) is 5.94. The number of benzene rings is 2. The molecule has 6 heteroatoms. The molecule has 21 heavy (non-hydrogen) atoms. The zero-order chi connectivity index (χ0) is 15.5. The minimum atomic E-state index is -4.47. The largest absolute Gasteiger partial charge is 0.416 e. The molecule has 0 aliphatic rings. The van der Waals surface area contributed by atoms with E-state index in [0.717, 1.165) is 12.1 Å². The zero-order valence-electron chi connectivity index (χ0n) is 10.6. The number of carbonyl (C=O) groups is 2. The standard InChI is InChI=1S/C15H10F3NO2/c16-15(17,18)12-5-2-6-13(8-12)19-14(21)11-4-1-3-10(7-11)9-20/h1-9H,(H,19,21). The van der Waals surface area contributed by atoms with Crippen LogP contribution in [-0.2, 0) is 6.18 Å². The van der Waals surface area contributed by atoms with E-state index in [1.54, 1.807) is 0 Å². The number of anilines is 1. The lowest BCUT2D eigenvalue weighted by Gasteiger charge is -2.10. The van der Waals surface area contributed by atoms with E-state index in [1.165, 1.54) is 36.4 Å². The number of nitrogens with one attached hydrogen (secondary N) is 1. The van der Waals surface area contributed by atoms with Gasteiger partial charge in [0.1, 0.15) is 6.29 Å². The summed E-state index contributed by atoms with van der Waals surface area (Å²) in [6.07, 6.45) is -3.89. The quantitative estimate of drug-likeness (QED) is 0.876. The number of rotatable bonds is 3. The molecule has 0 bridgehead atoms. The maximum Gasteiger partial charge on any atom is 0.416 e. The van der Waals surface area contributed by atoms with Gasteiger partial charge in [-0.1, -0.05) is 18.2 Å². The molecule has 2 rings (SSSR count). The van der Waals surface area contributed by atoms with E-state index in [-0.39, 0.29) is 11.3 Å². The lowest BCUT2D eigenvalue weighted by Crippen LogP contribution is -2.13. The number of carbonyl (C=O) groups excluding carboxylic acids is 2. The zero-order valence-corrected chi connectivity index (χ0v) is 10.6. The highest BCUT2D eigenvalue weighted by molar-refractivity contribution is 6.05. The van der Waals surface area contributed by atoms with Crippen molar-refractivity contribution in [3.8, 4) is 0 Å². The lowest BCUT2D eigenvalue weighted by atomic mass is 10.1. The Balaban J connectivity index is 2.21. The van der Waals surface area contributed by atoms with Gasteiger partial charge in [-0.05, 0) is 30.3 Å². The van der Waals surface area contributed by atoms with Gasteiger partial charge in [0, 0.05) is 16.8 Å². The van der Waals surface area contributed by atoms with Crippen molar-refractivity contribution >= 4 is 17.9 Å². The maximum atomic E-state index is 12.6. The van der Waals surface area contributed by atoms with Crippen molar-refractivity contribution in [1.29, 1.82) is 0 Å². The third kappa shape index (κ3) is 3.68. The van der Waals surface area contributed by atoms with Crippen LogP contribution in [0.1, 0.15) is 26.3 Å². The Bertz CT molecular complexity index is 681. The van der Waals surface area contributed by atoms with Crippen LogP contribution < -0.4 is 5.32 Å². The van der Waals surface area contributed by atoms with Crippen LogP contribution >= 0.6 is 0 Å². The molecule has 0 saturated carbocycles. The fraction of sp³-hybridized carbons (Fsp3) is 0.0667. The van der Waals surface area contributed by atoms with Gasteiger partial charge in [-0.25, -0.2) is 0 Å². The highest BCUT2D eigenvalue weighted by atomic mass is 19.4. The van der Waals surface area contributed by atoms with Crippen molar-refractivity contribution in [3.63, 3.8) is 0 Å². The molecule has 0 aliphatic heterocycles. The number of halogens is 3. The van der Waals surface area contributed by atoms with E-state index in [4.69, 9.17) is 0 Å². The fourth-order valence-electron chi connectivity index (χ4n) is 1.73. The third-order valence-electron chi connectivity index (χ3n) is 2.73. The number of amides is 1. The molecule has 0 unspecified atom stereocenters. The van der Waals surface area contributed by atoms with Crippen LogP contribution in [0.3, 0.4) is 0 Å². The van der Waals surface area contributed by atoms with Crippen LogP contribution in [0.5, 0.6) is 0 Å². The molecule has 3 nitrogen and oxygen atoms in total. The molecule has 1 N–H and O–H groups in total. The van der Waals surface area contributed by atoms with Crippen molar-refractivity contribution < 1.29 is 22.8 Å². The molecule has 0 spiro atoms. The maximum absolute atomic E-state index is 12.6. The summed E-state index contributed by atoms with van der Waals surface area (Å²) in [6.45, 7) is 0. The molecular weight excluding hydrogens is 283 g/mol. The third-order valence-corrected chi connectivity index (χ3v) is 2.73. The summed E-state index contributed by atoms with van der Waals surface area (Å²) in [4.78, 5) is 22.6. The Morgan fingerprint density at radius 1 is 1.05 bits per heavy atom. The van der Waals surface area contributed by atoms with Crippen molar-refractivity contribution in [2.75, 3.05) is 5.32 Å². The second-order valence-corrected chi connectivity index (χ2v) is 4.28. The van der Waals surface area contributed by atoms with Gasteiger partial charge in [0.25, 0.3) is 5.91 Å². The van der Waals surface area contributed by atoms with Gasteiger partial charge in [-0.2, -0.15) is 13.2 Å². The van der Waals surface area contributed by atoms with Gasteiger partial charge in [0.05, 0.1) is 5.56 Å². The highest BCUT2D eigenvalue weighted by Gasteiger charge is 2.30. The summed E-state index contributed by atoms with van der Waals surface area (Å²) in [7, 11) is 0. The van der Waals surface area contributed by atoms with Crippen molar-refractivity contribution in [2.24, 2.45) is 0 Å². The molecule has 1 amide bonds. The lowest BCUT2D eigenvalue weighted by molar-refractivity contribution is -0.137. The van der Waals surface area contributed by atoms with Crippen LogP contribution in [0.15, 0.2) is 48.5 Å². The first-order chi connectivity index (χ1) is 9.90. The predicted octanol–water partition coefficient (Wildman–Crippen LogP) is 3.77. The minimum absolute atomic E-state index is 0.0336. The van der Waals surface area contributed by atoms with Crippen LogP contribution in [0.2, 0.25) is 0 Å². The van der Waals surface area contributed by atoms with Gasteiger partial charge in [-0.15, -0.1) is 0 Å². The summed E-state index contributed by atoms with van der Waals surface area (Å²) in [5.74, 6) is -0.585. The van der Waals surface area contributed by atoms with Gasteiger partial charge < -0.3 is 5.32 Å².